The van der Waals surface area contributed by atoms with E-state index in [1.807, 2.05) is 6.07 Å². The van der Waals surface area contributed by atoms with Crippen LogP contribution in [-0.2, 0) is 0 Å². The molecule has 1 aliphatic carbocycles. The normalized spacial score (nSPS) is 12.7. The molecular formula is C20H11FO2. The summed E-state index contributed by atoms with van der Waals surface area (Å²) in [4.78, 5) is 25.6. The maximum Gasteiger partial charge on any atom is 0.195 e. The zero-order chi connectivity index (χ0) is 16.0. The van der Waals surface area contributed by atoms with Crippen molar-refractivity contribution in [3.05, 3.63) is 94.8 Å². The Morgan fingerprint density at radius 2 is 1.17 bits per heavy atom. The van der Waals surface area contributed by atoms with Gasteiger partial charge in [-0.15, -0.1) is 0 Å². The summed E-state index contributed by atoms with van der Waals surface area (Å²) in [5, 5.41) is 0. The summed E-state index contributed by atoms with van der Waals surface area (Å²) in [6.45, 7) is 0. The van der Waals surface area contributed by atoms with Crippen LogP contribution in [0.4, 0.5) is 4.39 Å². The van der Waals surface area contributed by atoms with E-state index in [1.54, 1.807) is 48.5 Å². The number of fused-ring (bicyclic) bond motifs is 2. The first-order valence-corrected chi connectivity index (χ1v) is 7.25. The lowest BCUT2D eigenvalue weighted by atomic mass is 9.80. The molecule has 2 nitrogen and oxygen atoms in total. The van der Waals surface area contributed by atoms with Gasteiger partial charge in [0, 0.05) is 27.8 Å². The average molecular weight is 302 g/mol. The first-order valence-electron chi connectivity index (χ1n) is 7.25. The third-order valence-electron chi connectivity index (χ3n) is 4.10. The van der Waals surface area contributed by atoms with Gasteiger partial charge in [-0.1, -0.05) is 54.6 Å². The summed E-state index contributed by atoms with van der Waals surface area (Å²) in [5.41, 5.74) is 1.88. The Kier molecular flexibility index (Phi) is 2.95. The van der Waals surface area contributed by atoms with Gasteiger partial charge in [-0.2, -0.15) is 0 Å². The van der Waals surface area contributed by atoms with E-state index in [4.69, 9.17) is 0 Å². The number of hydrogen-bond donors (Lipinski definition) is 0. The van der Waals surface area contributed by atoms with Crippen LogP contribution in [0.2, 0.25) is 0 Å². The number of benzene rings is 3. The first kappa shape index (κ1) is 13.6. The predicted molar refractivity (Wildman–Crippen MR) is 85.1 cm³/mol. The van der Waals surface area contributed by atoms with Gasteiger partial charge in [-0.25, -0.2) is 4.39 Å². The third kappa shape index (κ3) is 1.94. The van der Waals surface area contributed by atoms with Crippen molar-refractivity contribution in [3.63, 3.8) is 0 Å². The number of carbonyl (C=O) groups excluding carboxylic acids is 2. The van der Waals surface area contributed by atoms with Gasteiger partial charge in [0.15, 0.2) is 11.6 Å². The zero-order valence-electron chi connectivity index (χ0n) is 12.0. The topological polar surface area (TPSA) is 34.1 Å². The summed E-state index contributed by atoms with van der Waals surface area (Å²) in [5.74, 6) is -1.06. The van der Waals surface area contributed by atoms with Gasteiger partial charge < -0.3 is 0 Å². The van der Waals surface area contributed by atoms with Crippen molar-refractivity contribution >= 4 is 11.6 Å². The molecule has 0 fully saturated rings. The fourth-order valence-corrected chi connectivity index (χ4v) is 3.05. The van der Waals surface area contributed by atoms with Gasteiger partial charge in [-0.3, -0.25) is 9.59 Å². The van der Waals surface area contributed by atoms with Crippen molar-refractivity contribution in [1.29, 1.82) is 0 Å². The monoisotopic (exact) mass is 302 g/mol. The Labute approximate surface area is 132 Å². The highest BCUT2D eigenvalue weighted by atomic mass is 19.1. The Hall–Kier alpha value is -3.07. The van der Waals surface area contributed by atoms with Crippen molar-refractivity contribution in [2.45, 2.75) is 0 Å². The number of rotatable bonds is 1. The van der Waals surface area contributed by atoms with Crippen molar-refractivity contribution in [1.82, 2.24) is 0 Å². The molecular weight excluding hydrogens is 291 g/mol. The molecule has 0 unspecified atom stereocenters. The van der Waals surface area contributed by atoms with Crippen LogP contribution in [0, 0.1) is 5.82 Å². The van der Waals surface area contributed by atoms with Gasteiger partial charge in [0.2, 0.25) is 0 Å². The summed E-state index contributed by atoms with van der Waals surface area (Å²) in [7, 11) is 0. The Balaban J connectivity index is 2.06. The highest BCUT2D eigenvalue weighted by Gasteiger charge is 2.32. The molecule has 0 radical (unpaired) electrons. The first-order chi connectivity index (χ1) is 11.2. The van der Waals surface area contributed by atoms with Crippen LogP contribution in [0.25, 0.3) is 11.1 Å². The van der Waals surface area contributed by atoms with Gasteiger partial charge in [0.1, 0.15) is 5.82 Å². The number of carbonyl (C=O) groups is 2. The molecule has 1 aliphatic rings. The molecule has 3 aromatic rings. The largest absolute Gasteiger partial charge is 0.289 e. The third-order valence-corrected chi connectivity index (χ3v) is 4.10. The maximum absolute atomic E-state index is 14.5. The number of ketones is 2. The molecule has 0 aliphatic heterocycles. The van der Waals surface area contributed by atoms with Crippen LogP contribution in [0.15, 0.2) is 66.7 Å². The average Bonchev–Trinajstić information content (AvgIpc) is 2.60. The Bertz CT molecular complexity index is 959. The molecule has 0 amide bonds. The fraction of sp³-hybridized carbons (Fsp3) is 0. The van der Waals surface area contributed by atoms with Crippen LogP contribution in [0.1, 0.15) is 31.8 Å². The Morgan fingerprint density at radius 1 is 0.565 bits per heavy atom. The molecule has 3 heteroatoms. The van der Waals surface area contributed by atoms with E-state index in [0.717, 1.165) is 0 Å². The second kappa shape index (κ2) is 4.99. The zero-order valence-corrected chi connectivity index (χ0v) is 12.0. The second-order valence-electron chi connectivity index (χ2n) is 5.41. The van der Waals surface area contributed by atoms with E-state index < -0.39 is 5.82 Å². The summed E-state index contributed by atoms with van der Waals surface area (Å²) in [6.07, 6.45) is 0. The lowest BCUT2D eigenvalue weighted by molar-refractivity contribution is 0.0979. The predicted octanol–water partition coefficient (Wildman–Crippen LogP) is 4.27. The molecule has 3 aromatic carbocycles. The van der Waals surface area contributed by atoms with Crippen molar-refractivity contribution in [3.8, 4) is 11.1 Å². The maximum atomic E-state index is 14.5. The van der Waals surface area contributed by atoms with Crippen molar-refractivity contribution in [2.75, 3.05) is 0 Å². The minimum atomic E-state index is -0.504. The molecule has 0 heterocycles. The lowest BCUT2D eigenvalue weighted by Crippen LogP contribution is -2.22. The van der Waals surface area contributed by atoms with E-state index in [1.165, 1.54) is 12.1 Å². The number of halogens is 1. The standard InChI is InChI=1S/C20H11FO2/c21-16-11-10-15-18(17(16)12-6-2-1-3-7-12)20(23)14-9-5-4-8-13(14)19(15)22/h1-11H. The van der Waals surface area contributed by atoms with Gasteiger partial charge in [0.05, 0.1) is 0 Å². The van der Waals surface area contributed by atoms with Gasteiger partial charge >= 0.3 is 0 Å². The van der Waals surface area contributed by atoms with Crippen molar-refractivity contribution < 1.29 is 14.0 Å². The molecule has 0 N–H and O–H groups in total. The highest BCUT2D eigenvalue weighted by molar-refractivity contribution is 6.30. The second-order valence-corrected chi connectivity index (χ2v) is 5.41. The van der Waals surface area contributed by atoms with E-state index in [-0.39, 0.29) is 28.3 Å². The van der Waals surface area contributed by atoms with Crippen molar-refractivity contribution in [2.24, 2.45) is 0 Å². The molecule has 23 heavy (non-hydrogen) atoms. The van der Waals surface area contributed by atoms with Crippen LogP contribution in [0.3, 0.4) is 0 Å². The summed E-state index contributed by atoms with van der Waals surface area (Å²) < 4.78 is 14.5. The number of hydrogen-bond acceptors (Lipinski definition) is 2. The fourth-order valence-electron chi connectivity index (χ4n) is 3.05. The molecule has 0 aromatic heterocycles. The lowest BCUT2D eigenvalue weighted by Gasteiger charge is -2.20. The van der Waals surface area contributed by atoms with E-state index in [9.17, 15) is 14.0 Å². The smallest absolute Gasteiger partial charge is 0.195 e. The minimum Gasteiger partial charge on any atom is -0.289 e. The molecule has 0 saturated carbocycles. The molecule has 110 valence electrons. The molecule has 0 bridgehead atoms. The SMILES string of the molecule is O=C1c2ccccc2C(=O)c2c1ccc(F)c2-c1ccccc1. The van der Waals surface area contributed by atoms with Gasteiger partial charge in [0.25, 0.3) is 0 Å². The van der Waals surface area contributed by atoms with Crippen LogP contribution in [-0.4, -0.2) is 11.6 Å². The van der Waals surface area contributed by atoms with Crippen LogP contribution in [0.5, 0.6) is 0 Å². The molecule has 0 saturated heterocycles. The molecule has 0 spiro atoms. The molecule has 0 atom stereocenters. The van der Waals surface area contributed by atoms with Crippen LogP contribution < -0.4 is 0 Å². The van der Waals surface area contributed by atoms with E-state index in [2.05, 4.69) is 0 Å². The highest BCUT2D eigenvalue weighted by Crippen LogP contribution is 2.36. The summed E-state index contributed by atoms with van der Waals surface area (Å²) >= 11 is 0. The quantitative estimate of drug-likeness (QED) is 0.526. The van der Waals surface area contributed by atoms with Crippen LogP contribution >= 0.6 is 0 Å². The summed E-state index contributed by atoms with van der Waals surface area (Å²) in [6, 6.07) is 18.1. The Morgan fingerprint density at radius 3 is 1.87 bits per heavy atom. The van der Waals surface area contributed by atoms with E-state index in [0.29, 0.717) is 16.7 Å². The van der Waals surface area contributed by atoms with E-state index >= 15 is 0 Å². The minimum absolute atomic E-state index is 0.153. The molecule has 4 rings (SSSR count). The van der Waals surface area contributed by atoms with Gasteiger partial charge in [-0.05, 0) is 17.7 Å².